The summed E-state index contributed by atoms with van der Waals surface area (Å²) in [6, 6.07) is 5.16. The fourth-order valence-corrected chi connectivity index (χ4v) is 1.69. The Labute approximate surface area is 101 Å². The molecule has 0 saturated carbocycles. The Bertz CT molecular complexity index is 620. The number of nitrogens with zero attached hydrogens (tertiary/aromatic N) is 2. The third-order valence-electron chi connectivity index (χ3n) is 2.59. The molecule has 92 valence electrons. The second-order valence-corrected chi connectivity index (χ2v) is 3.78. The number of rotatable bonds is 1. The molecule has 2 rings (SSSR count). The molecule has 18 heavy (non-hydrogen) atoms. The quantitative estimate of drug-likeness (QED) is 0.845. The third-order valence-corrected chi connectivity index (χ3v) is 2.59. The largest absolute Gasteiger partial charge is 0.417 e. The Hall–Kier alpha value is -2.29. The smallest absolute Gasteiger partial charge is 0.282 e. The predicted octanol–water partition coefficient (Wildman–Crippen LogP) is 3.28. The molecule has 0 atom stereocenters. The van der Waals surface area contributed by atoms with E-state index in [9.17, 15) is 13.2 Å². The van der Waals surface area contributed by atoms with Crippen molar-refractivity contribution in [1.29, 1.82) is 5.26 Å². The number of hydrogen-bond donors (Lipinski definition) is 1. The van der Waals surface area contributed by atoms with Crippen molar-refractivity contribution in [2.45, 2.75) is 13.1 Å². The van der Waals surface area contributed by atoms with Gasteiger partial charge < -0.3 is 0 Å². The number of aromatic amines is 1. The summed E-state index contributed by atoms with van der Waals surface area (Å²) in [7, 11) is 0. The van der Waals surface area contributed by atoms with E-state index in [4.69, 9.17) is 5.26 Å². The van der Waals surface area contributed by atoms with Gasteiger partial charge in [-0.25, -0.2) is 0 Å². The van der Waals surface area contributed by atoms with Gasteiger partial charge in [-0.2, -0.15) is 23.5 Å². The topological polar surface area (TPSA) is 52.5 Å². The van der Waals surface area contributed by atoms with Crippen LogP contribution >= 0.6 is 0 Å². The number of nitriles is 1. The van der Waals surface area contributed by atoms with E-state index >= 15 is 0 Å². The summed E-state index contributed by atoms with van der Waals surface area (Å²) in [4.78, 5) is 0. The van der Waals surface area contributed by atoms with Crippen LogP contribution in [0.4, 0.5) is 13.2 Å². The molecule has 1 N–H and O–H groups in total. The summed E-state index contributed by atoms with van der Waals surface area (Å²) in [5.74, 6) is 0. The molecule has 0 amide bonds. The molecular weight excluding hydrogens is 243 g/mol. The van der Waals surface area contributed by atoms with Crippen LogP contribution < -0.4 is 0 Å². The standard InChI is InChI=1S/C12H8F3N3/c1-7-10(6-17-18-7)8-2-3-9(5-16)11(4-8)12(13,14)15/h2-4,6H,1H3,(H,17,18). The minimum Gasteiger partial charge on any atom is -0.282 e. The molecule has 0 aliphatic carbocycles. The lowest BCUT2D eigenvalue weighted by Crippen LogP contribution is -2.07. The molecule has 0 unspecified atom stereocenters. The molecule has 1 aromatic heterocycles. The Morgan fingerprint density at radius 1 is 1.33 bits per heavy atom. The highest BCUT2D eigenvalue weighted by molar-refractivity contribution is 5.67. The molecule has 1 heterocycles. The first-order valence-electron chi connectivity index (χ1n) is 5.05. The number of alkyl halides is 3. The van der Waals surface area contributed by atoms with Gasteiger partial charge in [0.2, 0.25) is 0 Å². The van der Waals surface area contributed by atoms with E-state index in [1.54, 1.807) is 13.0 Å². The molecule has 0 saturated heterocycles. The van der Waals surface area contributed by atoms with Crippen molar-refractivity contribution in [3.05, 3.63) is 41.2 Å². The van der Waals surface area contributed by atoms with Crippen molar-refractivity contribution >= 4 is 0 Å². The van der Waals surface area contributed by atoms with Gasteiger partial charge in [0, 0.05) is 11.3 Å². The zero-order chi connectivity index (χ0) is 13.3. The van der Waals surface area contributed by atoms with Gasteiger partial charge in [0.15, 0.2) is 0 Å². The van der Waals surface area contributed by atoms with E-state index in [0.717, 1.165) is 6.07 Å². The Morgan fingerprint density at radius 2 is 2.06 bits per heavy atom. The van der Waals surface area contributed by atoms with Crippen molar-refractivity contribution in [2.75, 3.05) is 0 Å². The molecule has 0 aliphatic heterocycles. The number of aryl methyl sites for hydroxylation is 1. The normalized spacial score (nSPS) is 11.3. The fraction of sp³-hybridized carbons (Fsp3) is 0.167. The molecule has 0 bridgehead atoms. The van der Waals surface area contributed by atoms with Crippen LogP contribution in [-0.2, 0) is 6.18 Å². The maximum Gasteiger partial charge on any atom is 0.417 e. The van der Waals surface area contributed by atoms with E-state index in [1.807, 2.05) is 0 Å². The van der Waals surface area contributed by atoms with Crippen molar-refractivity contribution in [2.24, 2.45) is 0 Å². The van der Waals surface area contributed by atoms with Crippen LogP contribution in [0.2, 0.25) is 0 Å². The van der Waals surface area contributed by atoms with Gasteiger partial charge in [0.05, 0.1) is 23.4 Å². The Morgan fingerprint density at radius 3 is 2.56 bits per heavy atom. The van der Waals surface area contributed by atoms with Crippen molar-refractivity contribution < 1.29 is 13.2 Å². The van der Waals surface area contributed by atoms with E-state index in [-0.39, 0.29) is 5.56 Å². The Balaban J connectivity index is 2.61. The first kappa shape index (κ1) is 12.2. The molecule has 1 aromatic carbocycles. The lowest BCUT2D eigenvalue weighted by atomic mass is 10.00. The number of H-pyrrole nitrogens is 1. The molecule has 2 aromatic rings. The van der Waals surface area contributed by atoms with Crippen LogP contribution in [0.1, 0.15) is 16.8 Å². The van der Waals surface area contributed by atoms with Crippen LogP contribution in [0.3, 0.4) is 0 Å². The van der Waals surface area contributed by atoms with Gasteiger partial charge >= 0.3 is 6.18 Å². The number of nitrogens with one attached hydrogen (secondary N) is 1. The number of benzene rings is 1. The predicted molar refractivity (Wildman–Crippen MR) is 58.5 cm³/mol. The summed E-state index contributed by atoms with van der Waals surface area (Å²) in [6.45, 7) is 1.72. The van der Waals surface area contributed by atoms with E-state index in [2.05, 4.69) is 10.2 Å². The Kier molecular flexibility index (Phi) is 2.83. The monoisotopic (exact) mass is 251 g/mol. The second-order valence-electron chi connectivity index (χ2n) is 3.78. The zero-order valence-corrected chi connectivity index (χ0v) is 9.34. The highest BCUT2D eigenvalue weighted by Crippen LogP contribution is 2.35. The van der Waals surface area contributed by atoms with Gasteiger partial charge in [0.25, 0.3) is 0 Å². The summed E-state index contributed by atoms with van der Waals surface area (Å²) in [5, 5.41) is 15.1. The van der Waals surface area contributed by atoms with Crippen LogP contribution in [0.25, 0.3) is 11.1 Å². The first-order valence-corrected chi connectivity index (χ1v) is 5.05. The number of hydrogen-bond acceptors (Lipinski definition) is 2. The average Bonchev–Trinajstić information content (AvgIpc) is 2.73. The molecule has 0 radical (unpaired) electrons. The first-order chi connectivity index (χ1) is 8.43. The van der Waals surface area contributed by atoms with Gasteiger partial charge in [-0.05, 0) is 24.6 Å². The van der Waals surface area contributed by atoms with Crippen molar-refractivity contribution in [3.8, 4) is 17.2 Å². The van der Waals surface area contributed by atoms with Crippen LogP contribution in [0, 0.1) is 18.3 Å². The second kappa shape index (κ2) is 4.18. The molecule has 0 fully saturated rings. The lowest BCUT2D eigenvalue weighted by Gasteiger charge is -2.10. The molecule has 6 heteroatoms. The average molecular weight is 251 g/mol. The van der Waals surface area contributed by atoms with Crippen molar-refractivity contribution in [3.63, 3.8) is 0 Å². The van der Waals surface area contributed by atoms with Crippen molar-refractivity contribution in [1.82, 2.24) is 10.2 Å². The maximum atomic E-state index is 12.8. The summed E-state index contributed by atoms with van der Waals surface area (Å²) >= 11 is 0. The van der Waals surface area contributed by atoms with Gasteiger partial charge in [-0.1, -0.05) is 6.07 Å². The van der Waals surface area contributed by atoms with E-state index in [0.29, 0.717) is 16.8 Å². The van der Waals surface area contributed by atoms with Gasteiger partial charge in [0.1, 0.15) is 0 Å². The molecule has 3 nitrogen and oxygen atoms in total. The summed E-state index contributed by atoms with van der Waals surface area (Å²) in [6.07, 6.45) is -3.09. The molecular formula is C12H8F3N3. The summed E-state index contributed by atoms with van der Waals surface area (Å²) < 4.78 is 38.3. The molecule has 0 aliphatic rings. The highest BCUT2D eigenvalue weighted by Gasteiger charge is 2.34. The minimum atomic E-state index is -4.54. The fourth-order valence-electron chi connectivity index (χ4n) is 1.69. The highest BCUT2D eigenvalue weighted by atomic mass is 19.4. The van der Waals surface area contributed by atoms with Crippen LogP contribution in [0.5, 0.6) is 0 Å². The van der Waals surface area contributed by atoms with Gasteiger partial charge in [-0.15, -0.1) is 0 Å². The molecule has 0 spiro atoms. The van der Waals surface area contributed by atoms with Crippen LogP contribution in [-0.4, -0.2) is 10.2 Å². The lowest BCUT2D eigenvalue weighted by molar-refractivity contribution is -0.137. The van der Waals surface area contributed by atoms with Gasteiger partial charge in [-0.3, -0.25) is 5.10 Å². The minimum absolute atomic E-state index is 0.382. The summed E-state index contributed by atoms with van der Waals surface area (Å²) in [5.41, 5.74) is 0.334. The third kappa shape index (κ3) is 2.07. The van der Waals surface area contributed by atoms with E-state index < -0.39 is 11.7 Å². The number of halogens is 3. The van der Waals surface area contributed by atoms with Crippen LogP contribution in [0.15, 0.2) is 24.4 Å². The number of aromatic nitrogens is 2. The van der Waals surface area contributed by atoms with E-state index in [1.165, 1.54) is 18.3 Å². The SMILES string of the molecule is Cc1[nH]ncc1-c1ccc(C#N)c(C(F)(F)F)c1. The maximum absolute atomic E-state index is 12.8. The zero-order valence-electron chi connectivity index (χ0n) is 9.34.